The molecule has 1 fully saturated rings. The maximum absolute atomic E-state index is 12.9. The lowest BCUT2D eigenvalue weighted by molar-refractivity contribution is -0.126. The van der Waals surface area contributed by atoms with Crippen LogP contribution in [0.15, 0.2) is 53.4 Å². The predicted molar refractivity (Wildman–Crippen MR) is 122 cm³/mol. The highest BCUT2D eigenvalue weighted by molar-refractivity contribution is 7.89. The van der Waals surface area contributed by atoms with Crippen molar-refractivity contribution in [3.8, 4) is 5.75 Å². The summed E-state index contributed by atoms with van der Waals surface area (Å²) in [5.41, 5.74) is 0.584. The number of amides is 2. The summed E-state index contributed by atoms with van der Waals surface area (Å²) in [7, 11) is -2.19. The number of hydrogen-bond acceptors (Lipinski definition) is 5. The van der Waals surface area contributed by atoms with Gasteiger partial charge in [0, 0.05) is 36.8 Å². The van der Waals surface area contributed by atoms with Crippen LogP contribution in [0.5, 0.6) is 5.75 Å². The zero-order valence-corrected chi connectivity index (χ0v) is 19.3. The maximum atomic E-state index is 12.9. The average molecular weight is 480 g/mol. The van der Waals surface area contributed by atoms with Crippen molar-refractivity contribution in [2.45, 2.75) is 24.2 Å². The lowest BCUT2D eigenvalue weighted by atomic mass is 9.99. The molecule has 2 aromatic rings. The van der Waals surface area contributed by atoms with Crippen LogP contribution >= 0.6 is 11.6 Å². The third-order valence-corrected chi connectivity index (χ3v) is 7.33. The Bertz CT molecular complexity index is 1060. The van der Waals surface area contributed by atoms with Crippen molar-refractivity contribution in [2.24, 2.45) is 5.92 Å². The van der Waals surface area contributed by atoms with Crippen LogP contribution in [0.2, 0.25) is 5.02 Å². The van der Waals surface area contributed by atoms with Crippen molar-refractivity contribution >= 4 is 39.1 Å². The fourth-order valence-corrected chi connectivity index (χ4v) is 5.22. The van der Waals surface area contributed by atoms with E-state index in [1.54, 1.807) is 36.4 Å². The number of ether oxygens (including phenoxy) is 1. The van der Waals surface area contributed by atoms with E-state index in [0.29, 0.717) is 35.8 Å². The summed E-state index contributed by atoms with van der Waals surface area (Å²) in [6, 6.07) is 13.0. The van der Waals surface area contributed by atoms with Crippen LogP contribution in [0, 0.1) is 5.92 Å². The van der Waals surface area contributed by atoms with E-state index in [-0.39, 0.29) is 36.2 Å². The zero-order valence-electron chi connectivity index (χ0n) is 17.7. The van der Waals surface area contributed by atoms with Gasteiger partial charge in [-0.2, -0.15) is 4.31 Å². The number of carbonyl (C=O) groups is 2. The van der Waals surface area contributed by atoms with Crippen LogP contribution in [0.4, 0.5) is 5.69 Å². The third-order valence-electron chi connectivity index (χ3n) is 5.21. The molecule has 32 heavy (non-hydrogen) atoms. The van der Waals surface area contributed by atoms with Gasteiger partial charge in [0.1, 0.15) is 5.75 Å². The van der Waals surface area contributed by atoms with Crippen molar-refractivity contribution in [3.05, 3.63) is 53.6 Å². The number of anilines is 1. The van der Waals surface area contributed by atoms with Gasteiger partial charge < -0.3 is 15.4 Å². The molecule has 172 valence electrons. The molecule has 1 unspecified atom stereocenters. The van der Waals surface area contributed by atoms with E-state index in [9.17, 15) is 18.0 Å². The van der Waals surface area contributed by atoms with Gasteiger partial charge in [0.05, 0.1) is 17.9 Å². The molecule has 0 radical (unpaired) electrons. The number of methoxy groups -OCH3 is 1. The molecule has 3 rings (SSSR count). The molecule has 1 aliphatic heterocycles. The normalized spacial score (nSPS) is 16.9. The summed E-state index contributed by atoms with van der Waals surface area (Å²) in [5, 5.41) is 5.98. The third kappa shape index (κ3) is 6.21. The van der Waals surface area contributed by atoms with E-state index in [4.69, 9.17) is 16.3 Å². The fourth-order valence-electron chi connectivity index (χ4n) is 3.50. The highest BCUT2D eigenvalue weighted by Crippen LogP contribution is 2.25. The van der Waals surface area contributed by atoms with Gasteiger partial charge >= 0.3 is 0 Å². The Labute approximate surface area is 192 Å². The van der Waals surface area contributed by atoms with E-state index in [0.717, 1.165) is 0 Å². The Morgan fingerprint density at radius 3 is 2.62 bits per heavy atom. The van der Waals surface area contributed by atoms with Crippen LogP contribution < -0.4 is 15.4 Å². The molecule has 8 nitrogen and oxygen atoms in total. The lowest BCUT2D eigenvalue weighted by Gasteiger charge is -2.31. The van der Waals surface area contributed by atoms with Crippen molar-refractivity contribution < 1.29 is 22.7 Å². The van der Waals surface area contributed by atoms with Gasteiger partial charge in [-0.05, 0) is 55.3 Å². The maximum Gasteiger partial charge on any atom is 0.243 e. The Morgan fingerprint density at radius 2 is 1.94 bits per heavy atom. The second-order valence-electron chi connectivity index (χ2n) is 7.48. The number of nitrogens with zero attached hydrogens (tertiary/aromatic N) is 1. The van der Waals surface area contributed by atoms with Gasteiger partial charge in [0.15, 0.2) is 0 Å². The zero-order chi connectivity index (χ0) is 23.1. The molecule has 1 atom stereocenters. The largest absolute Gasteiger partial charge is 0.497 e. The number of hydrogen-bond donors (Lipinski definition) is 2. The molecule has 1 aliphatic rings. The summed E-state index contributed by atoms with van der Waals surface area (Å²) in [6.45, 7) is 0.627. The first kappa shape index (κ1) is 24.0. The van der Waals surface area contributed by atoms with E-state index < -0.39 is 15.9 Å². The molecule has 0 spiro atoms. The summed E-state index contributed by atoms with van der Waals surface area (Å²) < 4.78 is 32.3. The molecule has 1 saturated heterocycles. The van der Waals surface area contributed by atoms with Gasteiger partial charge in [-0.1, -0.05) is 17.7 Å². The number of nitrogens with one attached hydrogen (secondary N) is 2. The molecular formula is C22H26ClN3O5S. The fraction of sp³-hybridized carbons (Fsp3) is 0.364. The van der Waals surface area contributed by atoms with Crippen LogP contribution in [0.25, 0.3) is 0 Å². The minimum atomic E-state index is -3.70. The van der Waals surface area contributed by atoms with Gasteiger partial charge in [-0.3, -0.25) is 9.59 Å². The first-order valence-electron chi connectivity index (χ1n) is 10.3. The standard InChI is InChI=1S/C22H26ClN3O5S/c1-31-19-7-9-20(10-8-19)32(29,30)26-13-3-4-16(15-26)22(28)24-12-11-21(27)25-18-6-2-5-17(23)14-18/h2,5-10,14,16H,3-4,11-13,15H2,1H3,(H,24,28)(H,25,27). The van der Waals surface area contributed by atoms with E-state index >= 15 is 0 Å². The average Bonchev–Trinajstić information content (AvgIpc) is 2.79. The van der Waals surface area contributed by atoms with Gasteiger partial charge in [-0.15, -0.1) is 0 Å². The number of piperidine rings is 1. The Balaban J connectivity index is 1.50. The number of benzene rings is 2. The smallest absolute Gasteiger partial charge is 0.243 e. The minimum Gasteiger partial charge on any atom is -0.497 e. The van der Waals surface area contributed by atoms with Crippen LogP contribution in [0.1, 0.15) is 19.3 Å². The highest BCUT2D eigenvalue weighted by atomic mass is 35.5. The van der Waals surface area contributed by atoms with E-state index in [2.05, 4.69) is 10.6 Å². The Kier molecular flexibility index (Phi) is 8.11. The second-order valence-corrected chi connectivity index (χ2v) is 9.85. The molecule has 0 aromatic heterocycles. The number of halogens is 1. The molecule has 0 bridgehead atoms. The van der Waals surface area contributed by atoms with Gasteiger partial charge in [0.25, 0.3) is 0 Å². The van der Waals surface area contributed by atoms with E-state index in [1.807, 2.05) is 0 Å². The summed E-state index contributed by atoms with van der Waals surface area (Å²) in [6.07, 6.45) is 1.27. The van der Waals surface area contributed by atoms with Crippen molar-refractivity contribution in [3.63, 3.8) is 0 Å². The predicted octanol–water partition coefficient (Wildman–Crippen LogP) is 2.89. The van der Waals surface area contributed by atoms with Crippen LogP contribution in [-0.2, 0) is 19.6 Å². The first-order valence-corrected chi connectivity index (χ1v) is 12.1. The minimum absolute atomic E-state index is 0.0961. The summed E-state index contributed by atoms with van der Waals surface area (Å²) in [4.78, 5) is 24.8. The number of sulfonamides is 1. The monoisotopic (exact) mass is 479 g/mol. The molecule has 10 heteroatoms. The second kappa shape index (κ2) is 10.8. The molecule has 2 amide bonds. The molecular weight excluding hydrogens is 454 g/mol. The van der Waals surface area contributed by atoms with Crippen molar-refractivity contribution in [2.75, 3.05) is 32.1 Å². The van der Waals surface area contributed by atoms with E-state index in [1.165, 1.54) is 23.5 Å². The highest BCUT2D eigenvalue weighted by Gasteiger charge is 2.33. The summed E-state index contributed by atoms with van der Waals surface area (Å²) in [5.74, 6) is -0.401. The van der Waals surface area contributed by atoms with Crippen LogP contribution in [-0.4, -0.2) is 51.3 Å². The molecule has 2 aromatic carbocycles. The molecule has 0 aliphatic carbocycles. The summed E-state index contributed by atoms with van der Waals surface area (Å²) >= 11 is 5.90. The van der Waals surface area contributed by atoms with Crippen molar-refractivity contribution in [1.29, 1.82) is 0 Å². The Hall–Kier alpha value is -2.62. The quantitative estimate of drug-likeness (QED) is 0.605. The van der Waals surface area contributed by atoms with Gasteiger partial charge in [-0.25, -0.2) is 8.42 Å². The topological polar surface area (TPSA) is 105 Å². The van der Waals surface area contributed by atoms with Crippen LogP contribution in [0.3, 0.4) is 0 Å². The first-order chi connectivity index (χ1) is 15.3. The lowest BCUT2D eigenvalue weighted by Crippen LogP contribution is -2.45. The molecule has 0 saturated carbocycles. The molecule has 2 N–H and O–H groups in total. The van der Waals surface area contributed by atoms with Gasteiger partial charge in [0.2, 0.25) is 21.8 Å². The van der Waals surface area contributed by atoms with Crippen molar-refractivity contribution in [1.82, 2.24) is 9.62 Å². The molecule has 1 heterocycles. The SMILES string of the molecule is COc1ccc(S(=O)(=O)N2CCCC(C(=O)NCCC(=O)Nc3cccc(Cl)c3)C2)cc1. The Morgan fingerprint density at radius 1 is 1.19 bits per heavy atom. The number of carbonyl (C=O) groups excluding carboxylic acids is 2. The number of rotatable bonds is 8.